The summed E-state index contributed by atoms with van der Waals surface area (Å²) in [4.78, 5) is 10.2. The zero-order valence-corrected chi connectivity index (χ0v) is 11.8. The molecule has 0 spiro atoms. The molecule has 0 N–H and O–H groups in total. The average molecular weight is 296 g/mol. The molecule has 0 aliphatic carbocycles. The van der Waals surface area contributed by atoms with Gasteiger partial charge in [-0.05, 0) is 12.8 Å². The molecule has 1 unspecified atom stereocenters. The number of nitrogens with zero attached hydrogens (tertiary/aromatic N) is 3. The lowest BCUT2D eigenvalue weighted by atomic mass is 10.3. The second-order valence-corrected chi connectivity index (χ2v) is 6.42. The Kier molecular flexibility index (Phi) is 4.33. The Balaban J connectivity index is 3.37. The first kappa shape index (κ1) is 14.9. The first-order chi connectivity index (χ1) is 8.20. The number of hydrogen-bond donors (Lipinski definition) is 0. The highest BCUT2D eigenvalue weighted by atomic mass is 35.5. The van der Waals surface area contributed by atoms with Crippen LogP contribution >= 0.6 is 11.6 Å². The van der Waals surface area contributed by atoms with E-state index in [4.69, 9.17) is 11.6 Å². The quantitative estimate of drug-likeness (QED) is 0.463. The highest BCUT2D eigenvalue weighted by Gasteiger charge is 2.34. The maximum absolute atomic E-state index is 12.1. The first-order valence-electron chi connectivity index (χ1n) is 5.17. The summed E-state index contributed by atoms with van der Waals surface area (Å²) in [6.07, 6.45) is 0. The monoisotopic (exact) mass is 295 g/mol. The molecule has 1 heterocycles. The van der Waals surface area contributed by atoms with Gasteiger partial charge >= 0.3 is 5.69 Å². The molecule has 1 aromatic rings. The summed E-state index contributed by atoms with van der Waals surface area (Å²) >= 11 is 5.57. The molecule has 0 aliphatic heterocycles. The minimum absolute atomic E-state index is 0.0830. The predicted molar refractivity (Wildman–Crippen MR) is 66.5 cm³/mol. The third-order valence-corrected chi connectivity index (χ3v) is 4.97. The number of halogens is 1. The molecule has 102 valence electrons. The van der Waals surface area contributed by atoms with E-state index in [-0.39, 0.29) is 28.3 Å². The molecule has 1 atom stereocenters. The van der Waals surface area contributed by atoms with E-state index in [0.29, 0.717) is 0 Å². The largest absolute Gasteiger partial charge is 0.328 e. The lowest BCUT2D eigenvalue weighted by Gasteiger charge is -2.08. The summed E-state index contributed by atoms with van der Waals surface area (Å²) in [6.45, 7) is 3.07. The van der Waals surface area contributed by atoms with Gasteiger partial charge in [0.1, 0.15) is 5.69 Å². The number of aromatic nitrogens is 2. The van der Waals surface area contributed by atoms with Crippen molar-refractivity contribution in [3.05, 3.63) is 15.8 Å². The van der Waals surface area contributed by atoms with Crippen molar-refractivity contribution in [2.75, 3.05) is 11.6 Å². The predicted octanol–water partition coefficient (Wildman–Crippen LogP) is 1.29. The average Bonchev–Trinajstić information content (AvgIpc) is 2.53. The third-order valence-electron chi connectivity index (χ3n) is 2.38. The van der Waals surface area contributed by atoms with Crippen LogP contribution in [0, 0.1) is 23.0 Å². The summed E-state index contributed by atoms with van der Waals surface area (Å²) in [5, 5.41) is 14.4. The summed E-state index contributed by atoms with van der Waals surface area (Å²) in [5.41, 5.74) is -0.376. The number of aryl methyl sites for hydroxylation is 2. The van der Waals surface area contributed by atoms with Gasteiger partial charge in [0.15, 0.2) is 0 Å². The number of nitro groups is 1. The van der Waals surface area contributed by atoms with Crippen LogP contribution in [-0.2, 0) is 16.9 Å². The molecule has 0 fully saturated rings. The van der Waals surface area contributed by atoms with Gasteiger partial charge in [0, 0.05) is 12.9 Å². The van der Waals surface area contributed by atoms with E-state index < -0.39 is 20.4 Å². The van der Waals surface area contributed by atoms with Crippen molar-refractivity contribution >= 4 is 27.1 Å². The van der Waals surface area contributed by atoms with Crippen molar-refractivity contribution in [1.82, 2.24) is 9.78 Å². The molecule has 0 aliphatic rings. The van der Waals surface area contributed by atoms with Gasteiger partial charge in [-0.2, -0.15) is 5.10 Å². The van der Waals surface area contributed by atoms with E-state index in [0.717, 1.165) is 4.68 Å². The minimum atomic E-state index is -3.78. The van der Waals surface area contributed by atoms with E-state index in [1.165, 1.54) is 14.0 Å². The molecule has 7 nitrogen and oxygen atoms in total. The Bertz CT molecular complexity index is 567. The Hall–Kier alpha value is -1.15. The Morgan fingerprint density at radius 2 is 2.11 bits per heavy atom. The maximum atomic E-state index is 12.1. The van der Waals surface area contributed by atoms with Crippen LogP contribution in [0.1, 0.15) is 12.6 Å². The zero-order valence-electron chi connectivity index (χ0n) is 10.3. The number of sulfone groups is 1. The van der Waals surface area contributed by atoms with Crippen molar-refractivity contribution < 1.29 is 13.3 Å². The topological polar surface area (TPSA) is 95.1 Å². The lowest BCUT2D eigenvalue weighted by molar-refractivity contribution is -0.388. The lowest BCUT2D eigenvalue weighted by Crippen LogP contribution is -2.19. The van der Waals surface area contributed by atoms with Crippen LogP contribution < -0.4 is 0 Å². The Morgan fingerprint density at radius 3 is 2.56 bits per heavy atom. The van der Waals surface area contributed by atoms with Gasteiger partial charge in [-0.15, -0.1) is 11.6 Å². The first-order valence-corrected chi connectivity index (χ1v) is 7.36. The van der Waals surface area contributed by atoms with Crippen molar-refractivity contribution in [1.29, 1.82) is 0 Å². The van der Waals surface area contributed by atoms with E-state index in [1.807, 2.05) is 0 Å². The SMILES string of the molecule is Cc1nn(C)c(S(=O)(=O)CC(C)CCl)c1[N+](=O)[O-]. The van der Waals surface area contributed by atoms with Gasteiger partial charge in [-0.1, -0.05) is 6.92 Å². The fourth-order valence-electron chi connectivity index (χ4n) is 1.68. The van der Waals surface area contributed by atoms with Crippen molar-refractivity contribution in [2.24, 2.45) is 13.0 Å². The molecule has 18 heavy (non-hydrogen) atoms. The van der Waals surface area contributed by atoms with Crippen LogP contribution in [0.15, 0.2) is 5.03 Å². The highest BCUT2D eigenvalue weighted by Crippen LogP contribution is 2.28. The van der Waals surface area contributed by atoms with E-state index >= 15 is 0 Å². The van der Waals surface area contributed by atoms with Crippen LogP contribution in [0.5, 0.6) is 0 Å². The van der Waals surface area contributed by atoms with Crippen LogP contribution in [0.25, 0.3) is 0 Å². The summed E-state index contributed by atoms with van der Waals surface area (Å²) in [7, 11) is -2.41. The molecule has 0 radical (unpaired) electrons. The van der Waals surface area contributed by atoms with Crippen molar-refractivity contribution in [3.63, 3.8) is 0 Å². The van der Waals surface area contributed by atoms with Gasteiger partial charge < -0.3 is 0 Å². The number of alkyl halides is 1. The number of rotatable bonds is 5. The van der Waals surface area contributed by atoms with Crippen LogP contribution in [0.4, 0.5) is 5.69 Å². The summed E-state index contributed by atoms with van der Waals surface area (Å²) in [6, 6.07) is 0. The normalized spacial score (nSPS) is 13.6. The third kappa shape index (κ3) is 2.81. The minimum Gasteiger partial charge on any atom is -0.258 e. The molecule has 0 saturated heterocycles. The second kappa shape index (κ2) is 5.23. The Labute approximate surface area is 110 Å². The molecule has 0 aromatic carbocycles. The molecular weight excluding hydrogens is 282 g/mol. The highest BCUT2D eigenvalue weighted by molar-refractivity contribution is 7.91. The van der Waals surface area contributed by atoms with E-state index in [9.17, 15) is 18.5 Å². The molecule has 0 amide bonds. The summed E-state index contributed by atoms with van der Waals surface area (Å²) in [5.74, 6) is -0.355. The summed E-state index contributed by atoms with van der Waals surface area (Å²) < 4.78 is 25.3. The van der Waals surface area contributed by atoms with Gasteiger partial charge in [0.05, 0.1) is 10.7 Å². The maximum Gasteiger partial charge on any atom is 0.328 e. The number of hydrogen-bond acceptors (Lipinski definition) is 5. The second-order valence-electron chi connectivity index (χ2n) is 4.16. The fourth-order valence-corrected chi connectivity index (χ4v) is 3.91. The van der Waals surface area contributed by atoms with Gasteiger partial charge in [0.2, 0.25) is 14.9 Å². The van der Waals surface area contributed by atoms with Crippen LogP contribution in [-0.4, -0.2) is 34.8 Å². The molecular formula is C9H14ClN3O4S. The van der Waals surface area contributed by atoms with Crippen LogP contribution in [0.3, 0.4) is 0 Å². The van der Waals surface area contributed by atoms with Gasteiger partial charge in [-0.25, -0.2) is 8.42 Å². The smallest absolute Gasteiger partial charge is 0.258 e. The molecule has 9 heteroatoms. The molecule has 0 saturated carbocycles. The zero-order chi connectivity index (χ0) is 14.1. The van der Waals surface area contributed by atoms with Crippen LogP contribution in [0.2, 0.25) is 0 Å². The van der Waals surface area contributed by atoms with Crippen molar-refractivity contribution in [3.8, 4) is 0 Å². The van der Waals surface area contributed by atoms with Crippen molar-refractivity contribution in [2.45, 2.75) is 18.9 Å². The van der Waals surface area contributed by atoms with E-state index in [1.54, 1.807) is 6.92 Å². The Morgan fingerprint density at radius 1 is 1.56 bits per heavy atom. The molecule has 1 rings (SSSR count). The molecule has 1 aromatic heterocycles. The van der Waals surface area contributed by atoms with Gasteiger partial charge in [0.25, 0.3) is 0 Å². The molecule has 0 bridgehead atoms. The fraction of sp³-hybridized carbons (Fsp3) is 0.667. The standard InChI is InChI=1S/C9H14ClN3O4S/c1-6(4-10)5-18(16,17)9-8(13(14)15)7(2)11-12(9)3/h6H,4-5H2,1-3H3. The van der Waals surface area contributed by atoms with Gasteiger partial charge in [-0.3, -0.25) is 14.8 Å². The van der Waals surface area contributed by atoms with E-state index in [2.05, 4.69) is 5.10 Å².